The van der Waals surface area contributed by atoms with Crippen molar-refractivity contribution in [2.24, 2.45) is 17.8 Å². The lowest BCUT2D eigenvalue weighted by Gasteiger charge is -2.39. The number of fused-ring (bicyclic) bond motifs is 2. The van der Waals surface area contributed by atoms with Crippen LogP contribution in [0.15, 0.2) is 72.8 Å². The van der Waals surface area contributed by atoms with Crippen LogP contribution in [0.25, 0.3) is 0 Å². The molecule has 3 aromatic carbocycles. The van der Waals surface area contributed by atoms with Crippen LogP contribution in [0.3, 0.4) is 0 Å². The number of rotatable bonds is 9. The highest BCUT2D eigenvalue weighted by molar-refractivity contribution is 6.06. The van der Waals surface area contributed by atoms with Crippen LogP contribution in [-0.2, 0) is 22.6 Å². The van der Waals surface area contributed by atoms with Crippen LogP contribution >= 0.6 is 0 Å². The van der Waals surface area contributed by atoms with Gasteiger partial charge in [0.1, 0.15) is 23.4 Å². The number of anilines is 2. The topological polar surface area (TPSA) is 106 Å². The van der Waals surface area contributed by atoms with Gasteiger partial charge in [0.15, 0.2) is 0 Å². The van der Waals surface area contributed by atoms with Crippen molar-refractivity contribution in [2.75, 3.05) is 62.7 Å². The Labute approximate surface area is 340 Å². The number of imide groups is 1. The molecule has 9 rings (SSSR count). The zero-order valence-corrected chi connectivity index (χ0v) is 33.4. The van der Waals surface area contributed by atoms with Gasteiger partial charge >= 0.3 is 0 Å². The first kappa shape index (κ1) is 38.4. The molecule has 4 heterocycles. The predicted octanol–water partition coefficient (Wildman–Crippen LogP) is 6.56. The van der Waals surface area contributed by atoms with Gasteiger partial charge in [-0.2, -0.15) is 0 Å². The number of carbonyl (C=O) groups is 3. The molecule has 4 atom stereocenters. The van der Waals surface area contributed by atoms with E-state index in [4.69, 9.17) is 4.74 Å². The number of ether oxygens (including phenoxy) is 1. The number of nitrogens with zero attached hydrogens (tertiary/aromatic N) is 4. The van der Waals surface area contributed by atoms with Crippen molar-refractivity contribution in [3.8, 4) is 11.5 Å². The van der Waals surface area contributed by atoms with Crippen LogP contribution in [0.4, 0.5) is 15.8 Å². The zero-order valence-electron chi connectivity index (χ0n) is 33.4. The number of benzene rings is 3. The molecule has 0 aromatic heterocycles. The van der Waals surface area contributed by atoms with Crippen LogP contribution in [0, 0.1) is 23.6 Å². The molecule has 3 amide bonds. The molecule has 2 N–H and O–H groups in total. The van der Waals surface area contributed by atoms with Crippen molar-refractivity contribution < 1.29 is 28.6 Å². The summed E-state index contributed by atoms with van der Waals surface area (Å²) in [5, 5.41) is 12.6. The van der Waals surface area contributed by atoms with Gasteiger partial charge in [-0.3, -0.25) is 24.6 Å². The summed E-state index contributed by atoms with van der Waals surface area (Å²) in [5.41, 5.74) is 6.49. The lowest BCUT2D eigenvalue weighted by molar-refractivity contribution is -0.136. The number of halogens is 1. The molecule has 0 bridgehead atoms. The van der Waals surface area contributed by atoms with E-state index in [0.29, 0.717) is 53.5 Å². The lowest BCUT2D eigenvalue weighted by atomic mass is 9.66. The molecule has 6 aliphatic rings. The number of aryl methyl sites for hydroxylation is 1. The highest BCUT2D eigenvalue weighted by atomic mass is 19.1. The van der Waals surface area contributed by atoms with Crippen molar-refractivity contribution in [3.05, 3.63) is 106 Å². The molecule has 2 unspecified atom stereocenters. The Morgan fingerprint density at radius 1 is 0.862 bits per heavy atom. The number of phenols is 1. The minimum absolute atomic E-state index is 0.0846. The molecule has 3 fully saturated rings. The molecule has 0 saturated carbocycles. The van der Waals surface area contributed by atoms with Gasteiger partial charge < -0.3 is 24.5 Å². The smallest absolute Gasteiger partial charge is 0.258 e. The summed E-state index contributed by atoms with van der Waals surface area (Å²) >= 11 is 0. The number of nitrogens with one attached hydrogen (secondary N) is 1. The summed E-state index contributed by atoms with van der Waals surface area (Å²) in [6.45, 7) is 6.68. The number of amides is 3. The van der Waals surface area contributed by atoms with E-state index in [-0.39, 0.29) is 30.0 Å². The quantitative estimate of drug-likeness (QED) is 0.235. The number of allylic oxidation sites excluding steroid dienone is 4. The monoisotopic (exact) mass is 787 g/mol. The Morgan fingerprint density at radius 2 is 1.69 bits per heavy atom. The average molecular weight is 788 g/mol. The Balaban J connectivity index is 0.779. The second-order valence-electron chi connectivity index (χ2n) is 17.1. The molecule has 3 aromatic rings. The second kappa shape index (κ2) is 16.2. The van der Waals surface area contributed by atoms with Gasteiger partial charge in [-0.1, -0.05) is 36.4 Å². The molecule has 0 radical (unpaired) electrons. The van der Waals surface area contributed by atoms with Crippen LogP contribution in [0.1, 0.15) is 83.5 Å². The van der Waals surface area contributed by atoms with Crippen LogP contribution in [0.5, 0.6) is 11.5 Å². The Kier molecular flexibility index (Phi) is 10.7. The van der Waals surface area contributed by atoms with Gasteiger partial charge in [0.05, 0.1) is 18.4 Å². The Hall–Kier alpha value is -5.16. The summed E-state index contributed by atoms with van der Waals surface area (Å²) in [7, 11) is 1.57. The first-order valence-corrected chi connectivity index (χ1v) is 21.3. The van der Waals surface area contributed by atoms with Gasteiger partial charge in [-0.25, -0.2) is 4.39 Å². The van der Waals surface area contributed by atoms with E-state index in [1.807, 2.05) is 18.2 Å². The maximum Gasteiger partial charge on any atom is 0.258 e. The van der Waals surface area contributed by atoms with Crippen molar-refractivity contribution in [1.82, 2.24) is 15.1 Å². The van der Waals surface area contributed by atoms with Crippen LogP contribution in [-0.4, -0.2) is 91.6 Å². The minimum atomic E-state index is -0.659. The number of piperazine rings is 1. The molecular formula is C47H54FN5O5. The van der Waals surface area contributed by atoms with E-state index in [0.717, 1.165) is 101 Å². The fraction of sp³-hybridized carbons (Fsp3) is 0.468. The van der Waals surface area contributed by atoms with E-state index in [9.17, 15) is 19.5 Å². The van der Waals surface area contributed by atoms with E-state index in [1.165, 1.54) is 11.1 Å². The third-order valence-electron chi connectivity index (χ3n) is 13.9. The fourth-order valence-electron chi connectivity index (χ4n) is 10.7. The molecule has 0 spiro atoms. The van der Waals surface area contributed by atoms with E-state index in [2.05, 4.69) is 62.5 Å². The predicted molar refractivity (Wildman–Crippen MR) is 222 cm³/mol. The second-order valence-corrected chi connectivity index (χ2v) is 17.1. The van der Waals surface area contributed by atoms with Gasteiger partial charge in [-0.05, 0) is 122 Å². The molecule has 304 valence electrons. The number of hydrogen-bond acceptors (Lipinski definition) is 8. The molecule has 3 saturated heterocycles. The molecule has 58 heavy (non-hydrogen) atoms. The first-order chi connectivity index (χ1) is 28.2. The maximum absolute atomic E-state index is 16.1. The molecule has 4 aliphatic heterocycles. The van der Waals surface area contributed by atoms with Gasteiger partial charge in [0.25, 0.3) is 5.91 Å². The molecule has 11 heteroatoms. The Bertz CT molecular complexity index is 2140. The van der Waals surface area contributed by atoms with Gasteiger partial charge in [0, 0.05) is 69.9 Å². The molecule has 10 nitrogen and oxygen atoms in total. The van der Waals surface area contributed by atoms with Crippen LogP contribution < -0.4 is 19.9 Å². The van der Waals surface area contributed by atoms with Crippen LogP contribution in [0.2, 0.25) is 0 Å². The Morgan fingerprint density at radius 3 is 2.43 bits per heavy atom. The number of carbonyl (C=O) groups excluding carboxylic acids is 3. The zero-order chi connectivity index (χ0) is 39.9. The molecular weight excluding hydrogens is 734 g/mol. The maximum atomic E-state index is 16.1. The normalized spacial score (nSPS) is 25.2. The SMILES string of the molecule is COc1cc(N2CCN(CCC3CCN(c4ccc([C@@H]5c6ccc(O)cc6CC[C@@H]5C5C=CC=CC5)cc4F)CC3)CC2)cc2c1C(=O)N(C1CCC(=O)NC1=O)C2. The van der Waals surface area contributed by atoms with Gasteiger partial charge in [-0.15, -0.1) is 0 Å². The number of methoxy groups -OCH3 is 1. The first-order valence-electron chi connectivity index (χ1n) is 21.3. The number of hydrogen-bond donors (Lipinski definition) is 2. The van der Waals surface area contributed by atoms with Crippen molar-refractivity contribution in [2.45, 2.75) is 69.9 Å². The van der Waals surface area contributed by atoms with Gasteiger partial charge in [0.2, 0.25) is 11.8 Å². The van der Waals surface area contributed by atoms with E-state index < -0.39 is 11.9 Å². The van der Waals surface area contributed by atoms with E-state index >= 15 is 4.39 Å². The van der Waals surface area contributed by atoms with E-state index in [1.54, 1.807) is 24.1 Å². The summed E-state index contributed by atoms with van der Waals surface area (Å²) in [4.78, 5) is 46.4. The average Bonchev–Trinajstić information content (AvgIpc) is 3.58. The summed E-state index contributed by atoms with van der Waals surface area (Å²) in [5.74, 6) is 1.20. The number of phenolic OH excluding ortho intramolecular Hbond substituents is 1. The lowest BCUT2D eigenvalue weighted by Crippen LogP contribution is -2.52. The third-order valence-corrected chi connectivity index (χ3v) is 13.9. The number of aromatic hydroxyl groups is 1. The highest BCUT2D eigenvalue weighted by Crippen LogP contribution is 2.47. The fourth-order valence-corrected chi connectivity index (χ4v) is 10.7. The molecule has 2 aliphatic carbocycles. The van der Waals surface area contributed by atoms with Crippen molar-refractivity contribution >= 4 is 29.1 Å². The van der Waals surface area contributed by atoms with Crippen molar-refractivity contribution in [3.63, 3.8) is 0 Å². The standard InChI is InChI=1S/C47H54FN5O5/c1-58-42-28-35(25-34-29-53(47(57)45(34)42)41-13-14-43(55)49-46(41)56)51-23-21-50(22-24-51)18-15-30-16-19-52(20-17-30)40-12-8-33(27-39(40)48)44-37(31-5-3-2-4-6-31)10-7-32-26-36(54)9-11-38(32)44/h2-5,8-9,11-12,25-28,30-31,37,41,44,54H,6-7,10,13-24,29H2,1H3,(H,49,55,56)/t31?,37-,41?,44+/m1/s1. The largest absolute Gasteiger partial charge is 0.508 e. The summed E-state index contributed by atoms with van der Waals surface area (Å²) < 4.78 is 21.8. The van der Waals surface area contributed by atoms with Crippen molar-refractivity contribution in [1.29, 1.82) is 0 Å². The highest BCUT2D eigenvalue weighted by Gasteiger charge is 2.41. The minimum Gasteiger partial charge on any atom is -0.508 e. The summed E-state index contributed by atoms with van der Waals surface area (Å²) in [6.07, 6.45) is 15.5. The number of piperidine rings is 2. The third kappa shape index (κ3) is 7.49. The summed E-state index contributed by atoms with van der Waals surface area (Å²) in [6, 6.07) is 15.0.